The summed E-state index contributed by atoms with van der Waals surface area (Å²) in [6.07, 6.45) is 0. The Morgan fingerprint density at radius 1 is 1.21 bits per heavy atom. The van der Waals surface area contributed by atoms with Gasteiger partial charge in [0, 0.05) is 15.9 Å². The molecule has 3 heteroatoms. The van der Waals surface area contributed by atoms with Crippen molar-refractivity contribution in [3.05, 3.63) is 35.7 Å². The van der Waals surface area contributed by atoms with Gasteiger partial charge in [-0.25, -0.2) is 0 Å². The van der Waals surface area contributed by atoms with Crippen LogP contribution < -0.4 is 10.5 Å². The lowest BCUT2D eigenvalue weighted by Gasteiger charge is -2.00. The first-order chi connectivity index (χ1) is 6.79. The van der Waals surface area contributed by atoms with Gasteiger partial charge in [0.25, 0.3) is 0 Å². The molecular weight excluding hydrogens is 194 g/mol. The van der Waals surface area contributed by atoms with Crippen molar-refractivity contribution in [1.29, 1.82) is 0 Å². The van der Waals surface area contributed by atoms with Crippen LogP contribution in [0.15, 0.2) is 35.7 Å². The highest BCUT2D eigenvalue weighted by Crippen LogP contribution is 2.29. The number of anilines is 1. The Bertz CT molecular complexity index is 419. The number of thiophene rings is 1. The van der Waals surface area contributed by atoms with E-state index < -0.39 is 0 Å². The first-order valence-corrected chi connectivity index (χ1v) is 5.16. The zero-order valence-corrected chi connectivity index (χ0v) is 8.67. The number of hydrogen-bond donors (Lipinski definition) is 1. The van der Waals surface area contributed by atoms with E-state index in [2.05, 4.69) is 0 Å². The van der Waals surface area contributed by atoms with Crippen LogP contribution in [0.25, 0.3) is 10.4 Å². The largest absolute Gasteiger partial charge is 0.497 e. The molecule has 1 heterocycles. The summed E-state index contributed by atoms with van der Waals surface area (Å²) in [4.78, 5) is 1.19. The third-order valence-electron chi connectivity index (χ3n) is 1.99. The maximum atomic E-state index is 5.66. The van der Waals surface area contributed by atoms with Gasteiger partial charge in [-0.15, -0.1) is 11.3 Å². The standard InChI is InChI=1S/C11H11NOS/c1-13-10-4-2-8(3-5-10)11-6-9(12)7-14-11/h2-7H,12H2,1H3. The van der Waals surface area contributed by atoms with Crippen LogP contribution in [-0.2, 0) is 0 Å². The number of ether oxygens (including phenoxy) is 1. The molecule has 2 nitrogen and oxygen atoms in total. The monoisotopic (exact) mass is 205 g/mol. The van der Waals surface area contributed by atoms with E-state index in [1.54, 1.807) is 18.4 Å². The van der Waals surface area contributed by atoms with E-state index in [0.29, 0.717) is 0 Å². The minimum absolute atomic E-state index is 0.820. The molecule has 0 aliphatic rings. The number of benzene rings is 1. The van der Waals surface area contributed by atoms with Gasteiger partial charge in [-0.3, -0.25) is 0 Å². The van der Waals surface area contributed by atoms with Gasteiger partial charge in [0.05, 0.1) is 7.11 Å². The Hall–Kier alpha value is -1.48. The van der Waals surface area contributed by atoms with Gasteiger partial charge in [0.15, 0.2) is 0 Å². The Morgan fingerprint density at radius 2 is 1.93 bits per heavy atom. The summed E-state index contributed by atoms with van der Waals surface area (Å²) in [5, 5.41) is 1.94. The van der Waals surface area contributed by atoms with Crippen LogP contribution in [-0.4, -0.2) is 7.11 Å². The van der Waals surface area contributed by atoms with Crippen molar-refractivity contribution in [3.8, 4) is 16.2 Å². The van der Waals surface area contributed by atoms with Crippen molar-refractivity contribution in [3.63, 3.8) is 0 Å². The molecule has 0 bridgehead atoms. The second-order valence-corrected chi connectivity index (χ2v) is 3.88. The molecule has 0 aliphatic carbocycles. The third-order valence-corrected chi connectivity index (χ3v) is 2.99. The zero-order valence-electron chi connectivity index (χ0n) is 7.86. The van der Waals surface area contributed by atoms with E-state index in [1.165, 1.54) is 10.4 Å². The second kappa shape index (κ2) is 3.72. The normalized spacial score (nSPS) is 10.1. The van der Waals surface area contributed by atoms with Crippen LogP contribution in [0.1, 0.15) is 0 Å². The Kier molecular flexibility index (Phi) is 2.41. The van der Waals surface area contributed by atoms with Gasteiger partial charge >= 0.3 is 0 Å². The Balaban J connectivity index is 2.33. The van der Waals surface area contributed by atoms with E-state index in [9.17, 15) is 0 Å². The van der Waals surface area contributed by atoms with Crippen LogP contribution in [0.3, 0.4) is 0 Å². The first-order valence-electron chi connectivity index (χ1n) is 4.28. The van der Waals surface area contributed by atoms with Crippen molar-refractivity contribution in [2.24, 2.45) is 0 Å². The topological polar surface area (TPSA) is 35.2 Å². The molecule has 0 radical (unpaired) electrons. The molecule has 2 aromatic rings. The molecular formula is C11H11NOS. The molecule has 2 N–H and O–H groups in total. The van der Waals surface area contributed by atoms with Crippen molar-refractivity contribution >= 4 is 17.0 Å². The SMILES string of the molecule is COc1ccc(-c2cc(N)cs2)cc1. The van der Waals surface area contributed by atoms with Gasteiger partial charge in [0.1, 0.15) is 5.75 Å². The fourth-order valence-corrected chi connectivity index (χ4v) is 2.06. The minimum atomic E-state index is 0.820. The molecule has 14 heavy (non-hydrogen) atoms. The molecule has 0 fully saturated rings. The van der Waals surface area contributed by atoms with Crippen molar-refractivity contribution in [2.45, 2.75) is 0 Å². The number of nitrogen functional groups attached to an aromatic ring is 1. The molecule has 0 spiro atoms. The highest BCUT2D eigenvalue weighted by Gasteiger charge is 2.00. The summed E-state index contributed by atoms with van der Waals surface area (Å²) in [6, 6.07) is 9.94. The summed E-state index contributed by atoms with van der Waals surface area (Å²) < 4.78 is 5.09. The quantitative estimate of drug-likeness (QED) is 0.818. The molecule has 0 atom stereocenters. The average Bonchev–Trinajstić information content (AvgIpc) is 2.65. The predicted molar refractivity (Wildman–Crippen MR) is 60.7 cm³/mol. The maximum absolute atomic E-state index is 5.66. The summed E-state index contributed by atoms with van der Waals surface area (Å²) in [7, 11) is 1.66. The van der Waals surface area contributed by atoms with E-state index in [1.807, 2.05) is 35.7 Å². The van der Waals surface area contributed by atoms with Gasteiger partial charge in [0.2, 0.25) is 0 Å². The van der Waals surface area contributed by atoms with Crippen LogP contribution in [0.4, 0.5) is 5.69 Å². The van der Waals surface area contributed by atoms with Gasteiger partial charge < -0.3 is 10.5 Å². The molecule has 0 saturated carbocycles. The van der Waals surface area contributed by atoms with Crippen LogP contribution >= 0.6 is 11.3 Å². The van der Waals surface area contributed by atoms with Crippen LogP contribution in [0.2, 0.25) is 0 Å². The van der Waals surface area contributed by atoms with Crippen LogP contribution in [0.5, 0.6) is 5.75 Å². The lowest BCUT2D eigenvalue weighted by Crippen LogP contribution is -1.81. The lowest BCUT2D eigenvalue weighted by atomic mass is 10.2. The molecule has 0 amide bonds. The fraction of sp³-hybridized carbons (Fsp3) is 0.0909. The Labute approximate surface area is 86.9 Å². The van der Waals surface area contributed by atoms with Gasteiger partial charge in [-0.1, -0.05) is 0 Å². The summed E-state index contributed by atoms with van der Waals surface area (Å²) in [5.74, 6) is 0.873. The maximum Gasteiger partial charge on any atom is 0.118 e. The predicted octanol–water partition coefficient (Wildman–Crippen LogP) is 3.01. The Morgan fingerprint density at radius 3 is 2.43 bits per heavy atom. The molecule has 0 saturated heterocycles. The molecule has 72 valence electrons. The number of hydrogen-bond acceptors (Lipinski definition) is 3. The molecule has 1 aromatic heterocycles. The molecule has 1 aromatic carbocycles. The third kappa shape index (κ3) is 1.72. The summed E-state index contributed by atoms with van der Waals surface area (Å²) in [6.45, 7) is 0. The zero-order chi connectivity index (χ0) is 9.97. The second-order valence-electron chi connectivity index (χ2n) is 2.97. The number of methoxy groups -OCH3 is 1. The fourth-order valence-electron chi connectivity index (χ4n) is 1.26. The van der Waals surface area contributed by atoms with Crippen molar-refractivity contribution in [2.75, 3.05) is 12.8 Å². The van der Waals surface area contributed by atoms with Gasteiger partial charge in [-0.05, 0) is 35.9 Å². The average molecular weight is 205 g/mol. The summed E-state index contributed by atoms with van der Waals surface area (Å²) >= 11 is 1.65. The van der Waals surface area contributed by atoms with E-state index >= 15 is 0 Å². The number of rotatable bonds is 2. The lowest BCUT2D eigenvalue weighted by molar-refractivity contribution is 0.415. The molecule has 0 unspecified atom stereocenters. The molecule has 2 rings (SSSR count). The summed E-state index contributed by atoms with van der Waals surface area (Å²) in [5.41, 5.74) is 7.65. The highest BCUT2D eigenvalue weighted by atomic mass is 32.1. The van der Waals surface area contributed by atoms with E-state index in [-0.39, 0.29) is 0 Å². The van der Waals surface area contributed by atoms with Crippen LogP contribution in [0, 0.1) is 0 Å². The first kappa shape index (κ1) is 9.09. The smallest absolute Gasteiger partial charge is 0.118 e. The van der Waals surface area contributed by atoms with Crippen molar-refractivity contribution in [1.82, 2.24) is 0 Å². The minimum Gasteiger partial charge on any atom is -0.497 e. The highest BCUT2D eigenvalue weighted by molar-refractivity contribution is 7.14. The van der Waals surface area contributed by atoms with Gasteiger partial charge in [-0.2, -0.15) is 0 Å². The van der Waals surface area contributed by atoms with E-state index in [4.69, 9.17) is 10.5 Å². The molecule has 0 aliphatic heterocycles. The number of nitrogens with two attached hydrogens (primary N) is 1. The van der Waals surface area contributed by atoms with E-state index in [0.717, 1.165) is 11.4 Å². The van der Waals surface area contributed by atoms with Crippen molar-refractivity contribution < 1.29 is 4.74 Å².